The molecule has 2 fully saturated rings. The second kappa shape index (κ2) is 6.13. The lowest BCUT2D eigenvalue weighted by molar-refractivity contribution is 0.228. The number of anilines is 1. The van der Waals surface area contributed by atoms with Crippen molar-refractivity contribution in [3.63, 3.8) is 0 Å². The first-order valence-corrected chi connectivity index (χ1v) is 8.19. The quantitative estimate of drug-likeness (QED) is 0.883. The van der Waals surface area contributed by atoms with E-state index in [1.807, 2.05) is 0 Å². The van der Waals surface area contributed by atoms with Gasteiger partial charge in [-0.2, -0.15) is 0 Å². The van der Waals surface area contributed by atoms with Gasteiger partial charge in [0.25, 0.3) is 0 Å². The molecule has 20 heavy (non-hydrogen) atoms. The van der Waals surface area contributed by atoms with Crippen LogP contribution in [-0.2, 0) is 0 Å². The fourth-order valence-corrected chi connectivity index (χ4v) is 3.34. The number of hydrogen-bond donors (Lipinski definition) is 1. The lowest BCUT2D eigenvalue weighted by Crippen LogP contribution is -2.28. The molecule has 3 rings (SSSR count). The fourth-order valence-electron chi connectivity index (χ4n) is 3.34. The normalized spacial score (nSPS) is 24.1. The van der Waals surface area contributed by atoms with Gasteiger partial charge in [0.15, 0.2) is 0 Å². The van der Waals surface area contributed by atoms with Crippen molar-refractivity contribution in [2.45, 2.75) is 58.0 Å². The molecule has 3 heteroatoms. The Morgan fingerprint density at radius 2 is 2.10 bits per heavy atom. The Bertz CT molecular complexity index is 422. The molecule has 0 spiro atoms. The first-order chi connectivity index (χ1) is 9.72. The second-order valence-electron chi connectivity index (χ2n) is 6.80. The van der Waals surface area contributed by atoms with E-state index in [0.29, 0.717) is 12.1 Å². The molecule has 0 amide bonds. The van der Waals surface area contributed by atoms with E-state index in [1.165, 1.54) is 50.8 Å². The summed E-state index contributed by atoms with van der Waals surface area (Å²) in [6.45, 7) is 7.05. The maximum Gasteiger partial charge on any atom is 0.126 e. The van der Waals surface area contributed by atoms with Gasteiger partial charge in [0, 0.05) is 24.8 Å². The molecule has 1 aliphatic carbocycles. The average Bonchev–Trinajstić information content (AvgIpc) is 2.82. The molecule has 2 heterocycles. The van der Waals surface area contributed by atoms with Crippen molar-refractivity contribution in [1.82, 2.24) is 9.88 Å². The fraction of sp³-hybridized carbons (Fsp3) is 0.706. The van der Waals surface area contributed by atoms with Gasteiger partial charge in [0.05, 0.1) is 0 Å². The first-order valence-electron chi connectivity index (χ1n) is 8.19. The van der Waals surface area contributed by atoms with Gasteiger partial charge < -0.3 is 5.32 Å². The maximum atomic E-state index is 4.62. The van der Waals surface area contributed by atoms with Crippen LogP contribution < -0.4 is 5.32 Å². The maximum absolute atomic E-state index is 4.62. The molecule has 110 valence electrons. The van der Waals surface area contributed by atoms with Crippen LogP contribution in [0.3, 0.4) is 0 Å². The Morgan fingerprint density at radius 1 is 1.25 bits per heavy atom. The summed E-state index contributed by atoms with van der Waals surface area (Å²) < 4.78 is 0. The third kappa shape index (κ3) is 3.14. The van der Waals surface area contributed by atoms with Gasteiger partial charge >= 0.3 is 0 Å². The molecule has 1 atom stereocenters. The van der Waals surface area contributed by atoms with Crippen molar-refractivity contribution >= 4 is 5.82 Å². The Morgan fingerprint density at radius 3 is 2.70 bits per heavy atom. The summed E-state index contributed by atoms with van der Waals surface area (Å²) >= 11 is 0. The zero-order valence-corrected chi connectivity index (χ0v) is 12.8. The molecular weight excluding hydrogens is 246 g/mol. The van der Waals surface area contributed by atoms with Crippen LogP contribution >= 0.6 is 0 Å². The van der Waals surface area contributed by atoms with Gasteiger partial charge in [-0.1, -0.05) is 19.9 Å². The third-order valence-electron chi connectivity index (χ3n) is 4.59. The van der Waals surface area contributed by atoms with E-state index in [4.69, 9.17) is 0 Å². The lowest BCUT2D eigenvalue weighted by Gasteiger charge is -2.28. The molecule has 1 aliphatic heterocycles. The van der Waals surface area contributed by atoms with E-state index in [9.17, 15) is 0 Å². The number of pyridine rings is 1. The van der Waals surface area contributed by atoms with E-state index >= 15 is 0 Å². The number of nitrogens with one attached hydrogen (secondary N) is 1. The van der Waals surface area contributed by atoms with Crippen molar-refractivity contribution in [2.24, 2.45) is 5.92 Å². The van der Waals surface area contributed by atoms with Gasteiger partial charge in [0.2, 0.25) is 0 Å². The van der Waals surface area contributed by atoms with E-state index in [0.717, 1.165) is 11.7 Å². The lowest BCUT2D eigenvalue weighted by atomic mass is 9.93. The highest BCUT2D eigenvalue weighted by Gasteiger charge is 2.26. The summed E-state index contributed by atoms with van der Waals surface area (Å²) in [5.74, 6) is 1.79. The van der Waals surface area contributed by atoms with E-state index in [2.05, 4.69) is 47.4 Å². The molecule has 3 nitrogen and oxygen atoms in total. The Labute approximate surface area is 122 Å². The molecule has 1 saturated carbocycles. The Hall–Kier alpha value is -1.09. The van der Waals surface area contributed by atoms with Crippen molar-refractivity contribution in [3.8, 4) is 0 Å². The Balaban J connectivity index is 1.63. The van der Waals surface area contributed by atoms with Crippen LogP contribution in [0.2, 0.25) is 0 Å². The molecule has 1 aromatic rings. The Kier molecular flexibility index (Phi) is 4.25. The van der Waals surface area contributed by atoms with Gasteiger partial charge in [0.1, 0.15) is 5.82 Å². The summed E-state index contributed by atoms with van der Waals surface area (Å²) in [5.41, 5.74) is 1.39. The topological polar surface area (TPSA) is 28.2 Å². The van der Waals surface area contributed by atoms with Gasteiger partial charge in [-0.15, -0.1) is 0 Å². The molecule has 0 bridgehead atoms. The molecule has 1 aromatic heterocycles. The van der Waals surface area contributed by atoms with Gasteiger partial charge in [-0.25, -0.2) is 4.98 Å². The van der Waals surface area contributed by atoms with Crippen LogP contribution in [-0.4, -0.2) is 29.0 Å². The smallest absolute Gasteiger partial charge is 0.126 e. The summed E-state index contributed by atoms with van der Waals surface area (Å²) in [6.07, 6.45) is 8.65. The molecule has 1 N–H and O–H groups in total. The number of nitrogens with zero attached hydrogens (tertiary/aromatic N) is 2. The standard InChI is InChI=1S/C17H27N3/c1-13(2)12-20-10-4-7-16(20)14-8-9-17(18-11-14)19-15-5-3-6-15/h8-9,11,13,15-16H,3-7,10,12H2,1-2H3,(H,18,19)/t16-/m0/s1. The minimum absolute atomic E-state index is 0.586. The van der Waals surface area contributed by atoms with Gasteiger partial charge in [-0.05, 0) is 56.2 Å². The molecule has 0 unspecified atom stereocenters. The highest BCUT2D eigenvalue weighted by atomic mass is 15.2. The summed E-state index contributed by atoms with van der Waals surface area (Å²) in [6, 6.07) is 5.69. The van der Waals surface area contributed by atoms with Crippen molar-refractivity contribution in [3.05, 3.63) is 23.9 Å². The number of likely N-dealkylation sites (tertiary alicyclic amines) is 1. The van der Waals surface area contributed by atoms with Crippen LogP contribution in [0.5, 0.6) is 0 Å². The molecule has 0 aromatic carbocycles. The molecule has 1 saturated heterocycles. The first kappa shape index (κ1) is 13.9. The van der Waals surface area contributed by atoms with Crippen LogP contribution in [0, 0.1) is 5.92 Å². The summed E-state index contributed by atoms with van der Waals surface area (Å²) in [7, 11) is 0. The zero-order valence-electron chi connectivity index (χ0n) is 12.8. The highest BCUT2D eigenvalue weighted by molar-refractivity contribution is 5.38. The van der Waals surface area contributed by atoms with E-state index < -0.39 is 0 Å². The second-order valence-corrected chi connectivity index (χ2v) is 6.80. The summed E-state index contributed by atoms with van der Waals surface area (Å²) in [5, 5.41) is 3.51. The predicted molar refractivity (Wildman–Crippen MR) is 83.9 cm³/mol. The van der Waals surface area contributed by atoms with Crippen LogP contribution in [0.25, 0.3) is 0 Å². The van der Waals surface area contributed by atoms with Crippen LogP contribution in [0.1, 0.15) is 57.6 Å². The third-order valence-corrected chi connectivity index (χ3v) is 4.59. The molecular formula is C17H27N3. The SMILES string of the molecule is CC(C)CN1CCC[C@H]1c1ccc(NC2CCC2)nc1. The number of hydrogen-bond acceptors (Lipinski definition) is 3. The minimum Gasteiger partial charge on any atom is -0.367 e. The highest BCUT2D eigenvalue weighted by Crippen LogP contribution is 2.32. The average molecular weight is 273 g/mol. The predicted octanol–water partition coefficient (Wildman–Crippen LogP) is 3.84. The van der Waals surface area contributed by atoms with Crippen LogP contribution in [0.15, 0.2) is 18.3 Å². The van der Waals surface area contributed by atoms with Crippen molar-refractivity contribution < 1.29 is 0 Å². The van der Waals surface area contributed by atoms with E-state index in [-0.39, 0.29) is 0 Å². The van der Waals surface area contributed by atoms with Crippen LogP contribution in [0.4, 0.5) is 5.82 Å². The van der Waals surface area contributed by atoms with E-state index in [1.54, 1.807) is 0 Å². The molecule has 0 radical (unpaired) electrons. The summed E-state index contributed by atoms with van der Waals surface area (Å²) in [4.78, 5) is 7.25. The van der Waals surface area contributed by atoms with Crippen molar-refractivity contribution in [2.75, 3.05) is 18.4 Å². The van der Waals surface area contributed by atoms with Gasteiger partial charge in [-0.3, -0.25) is 4.90 Å². The largest absolute Gasteiger partial charge is 0.367 e. The monoisotopic (exact) mass is 273 g/mol. The zero-order chi connectivity index (χ0) is 13.9. The number of aromatic nitrogens is 1. The minimum atomic E-state index is 0.586. The van der Waals surface area contributed by atoms with Crippen molar-refractivity contribution in [1.29, 1.82) is 0 Å². The molecule has 2 aliphatic rings. The number of rotatable bonds is 5.